The van der Waals surface area contributed by atoms with Crippen LogP contribution < -0.4 is 4.90 Å². The first-order chi connectivity index (χ1) is 27.8. The van der Waals surface area contributed by atoms with E-state index in [1.54, 1.807) is 0 Å². The summed E-state index contributed by atoms with van der Waals surface area (Å²) in [5, 5.41) is 0. The quantitative estimate of drug-likeness (QED) is 0.172. The highest BCUT2D eigenvalue weighted by atomic mass is 15.1. The van der Waals surface area contributed by atoms with Crippen LogP contribution in [0.25, 0.3) is 55.6 Å². The SMILES string of the molecule is c1ccc(-c2ccc(N(c3ccc4c(c3)C3(c5ccccc5-c5ccccc5-4)c4ccccc4-c4ccccc43)c3ccccc3-c3ccccc3)cc2)cc1. The van der Waals surface area contributed by atoms with Gasteiger partial charge in [-0.15, -0.1) is 0 Å². The minimum atomic E-state index is -0.560. The molecule has 0 saturated carbocycles. The van der Waals surface area contributed by atoms with Gasteiger partial charge in [0.15, 0.2) is 0 Å². The van der Waals surface area contributed by atoms with E-state index in [-0.39, 0.29) is 0 Å². The van der Waals surface area contributed by atoms with Gasteiger partial charge in [-0.25, -0.2) is 0 Å². The van der Waals surface area contributed by atoms with Crippen LogP contribution in [0.5, 0.6) is 0 Å². The fourth-order valence-corrected chi connectivity index (χ4v) is 9.57. The number of hydrogen-bond donors (Lipinski definition) is 0. The summed E-state index contributed by atoms with van der Waals surface area (Å²) in [5.74, 6) is 0. The highest BCUT2D eigenvalue weighted by molar-refractivity contribution is 5.98. The van der Waals surface area contributed by atoms with Gasteiger partial charge in [-0.05, 0) is 103 Å². The maximum Gasteiger partial charge on any atom is 0.0726 e. The van der Waals surface area contributed by atoms with E-state index in [1.165, 1.54) is 77.9 Å². The third kappa shape index (κ3) is 4.81. The lowest BCUT2D eigenvalue weighted by Gasteiger charge is -2.36. The number of anilines is 3. The molecule has 0 amide bonds. The summed E-state index contributed by atoms with van der Waals surface area (Å²) < 4.78 is 0. The van der Waals surface area contributed by atoms with Crippen molar-refractivity contribution in [2.24, 2.45) is 0 Å². The number of para-hydroxylation sites is 1. The Hall–Kier alpha value is -7.22. The molecule has 1 nitrogen and oxygen atoms in total. The molecule has 9 aromatic rings. The minimum Gasteiger partial charge on any atom is -0.310 e. The summed E-state index contributed by atoms with van der Waals surface area (Å²) in [6, 6.07) is 82.7. The van der Waals surface area contributed by atoms with Crippen molar-refractivity contribution >= 4 is 17.1 Å². The monoisotopic (exact) mass is 711 g/mol. The van der Waals surface area contributed by atoms with Crippen LogP contribution in [0.1, 0.15) is 22.3 Å². The van der Waals surface area contributed by atoms with E-state index in [0.29, 0.717) is 0 Å². The van der Waals surface area contributed by atoms with Gasteiger partial charge in [0.2, 0.25) is 0 Å². The lowest BCUT2D eigenvalue weighted by atomic mass is 9.66. The molecule has 0 heterocycles. The Kier molecular flexibility index (Phi) is 7.47. The topological polar surface area (TPSA) is 3.24 Å². The molecule has 1 spiro atoms. The Labute approximate surface area is 328 Å². The van der Waals surface area contributed by atoms with Crippen LogP contribution in [0.4, 0.5) is 17.1 Å². The summed E-state index contributed by atoms with van der Waals surface area (Å²) in [4.78, 5) is 2.46. The molecule has 0 aromatic heterocycles. The van der Waals surface area contributed by atoms with Crippen molar-refractivity contribution in [2.45, 2.75) is 5.41 Å². The normalized spacial score (nSPS) is 12.8. The molecule has 1 heteroatoms. The van der Waals surface area contributed by atoms with Crippen LogP contribution in [0.3, 0.4) is 0 Å². The molecule has 0 bridgehead atoms. The maximum atomic E-state index is 2.50. The van der Waals surface area contributed by atoms with Crippen molar-refractivity contribution in [3.63, 3.8) is 0 Å². The number of fused-ring (bicyclic) bond motifs is 12. The van der Waals surface area contributed by atoms with Crippen LogP contribution in [0, 0.1) is 0 Å². The van der Waals surface area contributed by atoms with E-state index in [0.717, 1.165) is 17.1 Å². The summed E-state index contributed by atoms with van der Waals surface area (Å²) in [6.07, 6.45) is 0. The molecule has 0 unspecified atom stereocenters. The first-order valence-corrected chi connectivity index (χ1v) is 19.4. The van der Waals surface area contributed by atoms with Gasteiger partial charge >= 0.3 is 0 Å². The molecule has 0 saturated heterocycles. The molecular formula is C55H37N. The average Bonchev–Trinajstić information content (AvgIpc) is 3.53. The van der Waals surface area contributed by atoms with E-state index in [2.05, 4.69) is 229 Å². The second kappa shape index (κ2) is 13.0. The standard InChI is InChI=1S/C55H37N/c1-3-17-38(18-4-1)39-31-33-41(34-32-39)56(54-30-16-12-21-43(54)40-19-5-2-6-20-40)42-35-36-49-45-23-8-7-22-44(45)46-24-9-13-27-50(46)55(53(49)37-42)51-28-14-10-25-47(51)48-26-11-15-29-52(48)55/h1-37H. The molecule has 2 aliphatic rings. The number of nitrogens with zero attached hydrogens (tertiary/aromatic N) is 1. The molecule has 0 aliphatic heterocycles. The summed E-state index contributed by atoms with van der Waals surface area (Å²) >= 11 is 0. The van der Waals surface area contributed by atoms with Crippen LogP contribution in [-0.2, 0) is 5.41 Å². The van der Waals surface area contributed by atoms with Crippen LogP contribution in [0.15, 0.2) is 224 Å². The minimum absolute atomic E-state index is 0.560. The first kappa shape index (κ1) is 32.2. The first-order valence-electron chi connectivity index (χ1n) is 19.4. The van der Waals surface area contributed by atoms with Crippen LogP contribution >= 0.6 is 0 Å². The molecule has 2 aliphatic carbocycles. The van der Waals surface area contributed by atoms with Crippen molar-refractivity contribution in [1.82, 2.24) is 0 Å². The number of rotatable bonds is 5. The van der Waals surface area contributed by atoms with Crippen molar-refractivity contribution in [1.29, 1.82) is 0 Å². The third-order valence-electron chi connectivity index (χ3n) is 11.9. The number of benzene rings is 9. The van der Waals surface area contributed by atoms with Gasteiger partial charge in [0.05, 0.1) is 11.1 Å². The van der Waals surface area contributed by atoms with Gasteiger partial charge in [0.1, 0.15) is 0 Å². The zero-order valence-electron chi connectivity index (χ0n) is 30.8. The lowest BCUT2D eigenvalue weighted by molar-refractivity contribution is 0.775. The zero-order chi connectivity index (χ0) is 37.1. The average molecular weight is 712 g/mol. The van der Waals surface area contributed by atoms with Crippen molar-refractivity contribution < 1.29 is 0 Å². The Morgan fingerprint density at radius 1 is 0.250 bits per heavy atom. The van der Waals surface area contributed by atoms with Gasteiger partial charge in [0.25, 0.3) is 0 Å². The second-order valence-corrected chi connectivity index (χ2v) is 14.8. The van der Waals surface area contributed by atoms with Gasteiger partial charge in [-0.3, -0.25) is 0 Å². The van der Waals surface area contributed by atoms with Gasteiger partial charge in [-0.2, -0.15) is 0 Å². The van der Waals surface area contributed by atoms with Gasteiger partial charge < -0.3 is 4.90 Å². The van der Waals surface area contributed by atoms with Crippen molar-refractivity contribution in [3.8, 4) is 55.6 Å². The predicted molar refractivity (Wildman–Crippen MR) is 234 cm³/mol. The zero-order valence-corrected chi connectivity index (χ0v) is 30.8. The molecule has 11 rings (SSSR count). The molecule has 0 atom stereocenters. The Morgan fingerprint density at radius 3 is 1.21 bits per heavy atom. The van der Waals surface area contributed by atoms with E-state index < -0.39 is 5.41 Å². The predicted octanol–water partition coefficient (Wildman–Crippen LogP) is 14.5. The van der Waals surface area contributed by atoms with Gasteiger partial charge in [0, 0.05) is 16.9 Å². The van der Waals surface area contributed by atoms with E-state index in [9.17, 15) is 0 Å². The number of hydrogen-bond acceptors (Lipinski definition) is 1. The van der Waals surface area contributed by atoms with Crippen LogP contribution in [-0.4, -0.2) is 0 Å². The van der Waals surface area contributed by atoms with E-state index in [4.69, 9.17) is 0 Å². The largest absolute Gasteiger partial charge is 0.310 e. The molecule has 262 valence electrons. The van der Waals surface area contributed by atoms with E-state index in [1.807, 2.05) is 0 Å². The molecule has 9 aromatic carbocycles. The fraction of sp³-hybridized carbons (Fsp3) is 0.0182. The molecule has 0 radical (unpaired) electrons. The van der Waals surface area contributed by atoms with Crippen molar-refractivity contribution in [2.75, 3.05) is 4.90 Å². The molecule has 56 heavy (non-hydrogen) atoms. The Balaban J connectivity index is 1.23. The summed E-state index contributed by atoms with van der Waals surface area (Å²) in [5.41, 5.74) is 20.4. The lowest BCUT2D eigenvalue weighted by Crippen LogP contribution is -2.29. The third-order valence-corrected chi connectivity index (χ3v) is 11.9. The van der Waals surface area contributed by atoms with Crippen molar-refractivity contribution in [3.05, 3.63) is 247 Å². The maximum absolute atomic E-state index is 2.50. The highest BCUT2D eigenvalue weighted by Crippen LogP contribution is 2.62. The summed E-state index contributed by atoms with van der Waals surface area (Å²) in [6.45, 7) is 0. The molecular weight excluding hydrogens is 675 g/mol. The van der Waals surface area contributed by atoms with E-state index >= 15 is 0 Å². The summed E-state index contributed by atoms with van der Waals surface area (Å²) in [7, 11) is 0. The fourth-order valence-electron chi connectivity index (χ4n) is 9.57. The molecule has 0 N–H and O–H groups in total. The molecule has 0 fully saturated rings. The highest BCUT2D eigenvalue weighted by Gasteiger charge is 2.49. The smallest absolute Gasteiger partial charge is 0.0726 e. The van der Waals surface area contributed by atoms with Crippen LogP contribution in [0.2, 0.25) is 0 Å². The second-order valence-electron chi connectivity index (χ2n) is 14.8. The van der Waals surface area contributed by atoms with Gasteiger partial charge in [-0.1, -0.05) is 194 Å². The Bertz CT molecular complexity index is 2860. The Morgan fingerprint density at radius 2 is 0.643 bits per heavy atom.